The lowest BCUT2D eigenvalue weighted by Gasteiger charge is -2.10. The van der Waals surface area contributed by atoms with E-state index in [2.05, 4.69) is 0 Å². The maximum atomic E-state index is 12.9. The van der Waals surface area contributed by atoms with Crippen LogP contribution in [-0.4, -0.2) is 17.5 Å². The number of halogens is 1. The Kier molecular flexibility index (Phi) is 4.14. The van der Waals surface area contributed by atoms with E-state index in [0.717, 1.165) is 12.1 Å². The van der Waals surface area contributed by atoms with Crippen LogP contribution < -0.4 is 0 Å². The van der Waals surface area contributed by atoms with Crippen molar-refractivity contribution in [1.82, 2.24) is 0 Å². The van der Waals surface area contributed by atoms with Gasteiger partial charge in [-0.1, -0.05) is 0 Å². The van der Waals surface area contributed by atoms with Gasteiger partial charge in [-0.25, -0.2) is 4.39 Å². The van der Waals surface area contributed by atoms with Crippen molar-refractivity contribution in [2.24, 2.45) is 0 Å². The van der Waals surface area contributed by atoms with E-state index in [1.54, 1.807) is 6.92 Å². The fourth-order valence-electron chi connectivity index (χ4n) is 1.44. The highest BCUT2D eigenvalue weighted by molar-refractivity contribution is 5.79. The molecule has 1 aromatic carbocycles. The van der Waals surface area contributed by atoms with E-state index >= 15 is 0 Å². The van der Waals surface area contributed by atoms with Crippen molar-refractivity contribution in [3.8, 4) is 0 Å². The van der Waals surface area contributed by atoms with Crippen molar-refractivity contribution in [1.29, 1.82) is 0 Å². The van der Waals surface area contributed by atoms with E-state index in [1.807, 2.05) is 0 Å². The van der Waals surface area contributed by atoms with Crippen LogP contribution in [0, 0.1) is 15.9 Å². The molecule has 92 valence electrons. The number of rotatable bonds is 4. The summed E-state index contributed by atoms with van der Waals surface area (Å²) in [7, 11) is 0. The van der Waals surface area contributed by atoms with Crippen molar-refractivity contribution >= 4 is 11.7 Å². The number of hydrogen-bond acceptors (Lipinski definition) is 4. The Hall–Kier alpha value is -1.98. The molecule has 0 unspecified atom stereocenters. The molecule has 0 aliphatic rings. The van der Waals surface area contributed by atoms with Crippen molar-refractivity contribution in [2.75, 3.05) is 6.61 Å². The lowest BCUT2D eigenvalue weighted by Crippen LogP contribution is -2.14. The van der Waals surface area contributed by atoms with Crippen molar-refractivity contribution in [3.63, 3.8) is 0 Å². The first-order valence-electron chi connectivity index (χ1n) is 5.07. The summed E-state index contributed by atoms with van der Waals surface area (Å²) in [5.74, 6) is -2.07. The molecule has 0 fully saturated rings. The van der Waals surface area contributed by atoms with E-state index in [1.165, 1.54) is 13.0 Å². The molecule has 0 N–H and O–H groups in total. The maximum Gasteiger partial charge on any atom is 0.313 e. The molecular weight excluding hydrogens is 229 g/mol. The number of nitro benzene ring substituents is 1. The zero-order valence-corrected chi connectivity index (χ0v) is 9.47. The largest absolute Gasteiger partial charge is 0.466 e. The Morgan fingerprint density at radius 3 is 2.76 bits per heavy atom. The zero-order chi connectivity index (χ0) is 13.0. The van der Waals surface area contributed by atoms with Crippen LogP contribution in [0.3, 0.4) is 0 Å². The van der Waals surface area contributed by atoms with E-state index < -0.39 is 28.3 Å². The summed E-state index contributed by atoms with van der Waals surface area (Å²) in [6, 6.07) is 3.11. The molecule has 0 saturated carbocycles. The van der Waals surface area contributed by atoms with Gasteiger partial charge < -0.3 is 4.74 Å². The second-order valence-corrected chi connectivity index (χ2v) is 3.43. The standard InChI is InChI=1S/C11H12FNO4/c1-3-17-11(14)7(2)9-5-4-8(12)6-10(9)13(15)16/h4-7H,3H2,1-2H3/t7-/m0/s1. The molecule has 0 aromatic heterocycles. The lowest BCUT2D eigenvalue weighted by atomic mass is 9.99. The quantitative estimate of drug-likeness (QED) is 0.461. The van der Waals surface area contributed by atoms with Crippen molar-refractivity contribution in [3.05, 3.63) is 39.7 Å². The average Bonchev–Trinajstić information content (AvgIpc) is 2.28. The van der Waals surface area contributed by atoms with Gasteiger partial charge >= 0.3 is 5.97 Å². The number of hydrogen-bond donors (Lipinski definition) is 0. The monoisotopic (exact) mass is 241 g/mol. The number of ether oxygens (including phenoxy) is 1. The first-order chi connectivity index (χ1) is 7.97. The zero-order valence-electron chi connectivity index (χ0n) is 9.47. The van der Waals surface area contributed by atoms with E-state index in [4.69, 9.17) is 4.74 Å². The lowest BCUT2D eigenvalue weighted by molar-refractivity contribution is -0.385. The van der Waals surface area contributed by atoms with Crippen LogP contribution in [0.15, 0.2) is 18.2 Å². The Balaban J connectivity index is 3.12. The van der Waals surface area contributed by atoms with Gasteiger partial charge in [-0.3, -0.25) is 14.9 Å². The fraction of sp³-hybridized carbons (Fsp3) is 0.364. The molecule has 0 bridgehead atoms. The predicted molar refractivity (Wildman–Crippen MR) is 58.1 cm³/mol. The Labute approximate surface area is 97.3 Å². The van der Waals surface area contributed by atoms with Crippen molar-refractivity contribution < 1.29 is 18.8 Å². The summed E-state index contributed by atoms with van der Waals surface area (Å²) in [5.41, 5.74) is -0.264. The molecule has 1 aromatic rings. The number of nitrogens with zero attached hydrogens (tertiary/aromatic N) is 1. The number of benzene rings is 1. The Bertz CT molecular complexity index is 447. The molecule has 0 saturated heterocycles. The molecule has 0 heterocycles. The van der Waals surface area contributed by atoms with Gasteiger partial charge in [-0.05, 0) is 26.0 Å². The predicted octanol–water partition coefficient (Wildman–Crippen LogP) is 2.40. The summed E-state index contributed by atoms with van der Waals surface area (Å²) in [6.45, 7) is 3.32. The van der Waals surface area contributed by atoms with Crippen LogP contribution in [0.25, 0.3) is 0 Å². The van der Waals surface area contributed by atoms with Crippen LogP contribution in [-0.2, 0) is 9.53 Å². The van der Waals surface area contributed by atoms with Crippen LogP contribution in [0.2, 0.25) is 0 Å². The molecule has 1 atom stereocenters. The number of carbonyl (C=O) groups is 1. The smallest absolute Gasteiger partial charge is 0.313 e. The van der Waals surface area contributed by atoms with E-state index in [9.17, 15) is 19.3 Å². The highest BCUT2D eigenvalue weighted by Gasteiger charge is 2.25. The van der Waals surface area contributed by atoms with Gasteiger partial charge in [0.1, 0.15) is 5.82 Å². The molecular formula is C11H12FNO4. The minimum atomic E-state index is -0.795. The van der Waals surface area contributed by atoms with Crippen LogP contribution in [0.1, 0.15) is 25.3 Å². The molecule has 6 heteroatoms. The summed E-state index contributed by atoms with van der Waals surface area (Å²) in [6.07, 6.45) is 0. The Morgan fingerprint density at radius 1 is 1.59 bits per heavy atom. The molecule has 0 aliphatic carbocycles. The van der Waals surface area contributed by atoms with Gasteiger partial charge in [-0.2, -0.15) is 0 Å². The van der Waals surface area contributed by atoms with Gasteiger partial charge in [0.05, 0.1) is 23.5 Å². The molecule has 0 aliphatic heterocycles. The summed E-state index contributed by atoms with van der Waals surface area (Å²) in [5, 5.41) is 10.7. The van der Waals surface area contributed by atoms with Crippen LogP contribution in [0.5, 0.6) is 0 Å². The molecule has 0 amide bonds. The normalized spacial score (nSPS) is 11.9. The SMILES string of the molecule is CCOC(=O)[C@@H](C)c1ccc(F)cc1[N+](=O)[O-]. The maximum absolute atomic E-state index is 12.9. The Morgan fingerprint density at radius 2 is 2.24 bits per heavy atom. The third-order valence-corrected chi connectivity index (χ3v) is 2.30. The minimum absolute atomic E-state index is 0.148. The second-order valence-electron chi connectivity index (χ2n) is 3.43. The van der Waals surface area contributed by atoms with Crippen LogP contribution >= 0.6 is 0 Å². The summed E-state index contributed by atoms with van der Waals surface area (Å²) in [4.78, 5) is 21.5. The first-order valence-corrected chi connectivity index (χ1v) is 5.07. The fourth-order valence-corrected chi connectivity index (χ4v) is 1.44. The third-order valence-electron chi connectivity index (χ3n) is 2.30. The first kappa shape index (κ1) is 13.1. The second kappa shape index (κ2) is 5.38. The number of carbonyl (C=O) groups excluding carboxylic acids is 1. The third kappa shape index (κ3) is 2.99. The van der Waals surface area contributed by atoms with Gasteiger partial charge in [0.2, 0.25) is 0 Å². The van der Waals surface area contributed by atoms with E-state index in [-0.39, 0.29) is 12.2 Å². The number of esters is 1. The van der Waals surface area contributed by atoms with Crippen molar-refractivity contribution in [2.45, 2.75) is 19.8 Å². The average molecular weight is 241 g/mol. The van der Waals surface area contributed by atoms with E-state index in [0.29, 0.717) is 0 Å². The van der Waals surface area contributed by atoms with Gasteiger partial charge in [-0.15, -0.1) is 0 Å². The molecule has 17 heavy (non-hydrogen) atoms. The van der Waals surface area contributed by atoms with Gasteiger partial charge in [0, 0.05) is 5.56 Å². The van der Waals surface area contributed by atoms with Gasteiger partial charge in [0.15, 0.2) is 0 Å². The molecule has 0 radical (unpaired) electrons. The highest BCUT2D eigenvalue weighted by Crippen LogP contribution is 2.28. The highest BCUT2D eigenvalue weighted by atomic mass is 19.1. The van der Waals surface area contributed by atoms with Gasteiger partial charge in [0.25, 0.3) is 5.69 Å². The summed E-state index contributed by atoms with van der Waals surface area (Å²) < 4.78 is 17.7. The van der Waals surface area contributed by atoms with Crippen LogP contribution in [0.4, 0.5) is 10.1 Å². The molecule has 5 nitrogen and oxygen atoms in total. The topological polar surface area (TPSA) is 69.4 Å². The minimum Gasteiger partial charge on any atom is -0.466 e. The molecule has 0 spiro atoms. The summed E-state index contributed by atoms with van der Waals surface area (Å²) >= 11 is 0. The number of nitro groups is 1. The molecule has 1 rings (SSSR count).